The van der Waals surface area contributed by atoms with Crippen molar-refractivity contribution in [3.8, 4) is 0 Å². The number of hydroxylamine groups is 1. The summed E-state index contributed by atoms with van der Waals surface area (Å²) in [6.07, 6.45) is 11.9. The van der Waals surface area contributed by atoms with E-state index in [9.17, 15) is 0 Å². The molecule has 0 aromatic heterocycles. The molecule has 5 fully saturated rings. The quantitative estimate of drug-likeness (QED) is 0.395. The topological polar surface area (TPSA) is 58.2 Å². The third-order valence-corrected chi connectivity index (χ3v) is 10.3. The van der Waals surface area contributed by atoms with Crippen LogP contribution in [0.15, 0.2) is 24.4 Å². The highest BCUT2D eigenvalue weighted by atomic mass is 16.7. The van der Waals surface area contributed by atoms with Crippen LogP contribution >= 0.6 is 0 Å². The molecule has 6 atom stereocenters. The van der Waals surface area contributed by atoms with Crippen LogP contribution in [0.4, 0.5) is 0 Å². The Bertz CT molecular complexity index is 785. The van der Waals surface area contributed by atoms with Gasteiger partial charge in [0.25, 0.3) is 0 Å². The normalized spacial score (nSPS) is 45.9. The van der Waals surface area contributed by atoms with Crippen LogP contribution in [0.1, 0.15) is 58.8 Å². The van der Waals surface area contributed by atoms with Crippen molar-refractivity contribution in [2.24, 2.45) is 34.5 Å². The fourth-order valence-corrected chi connectivity index (χ4v) is 8.64. The predicted molar refractivity (Wildman–Crippen MR) is 119 cm³/mol. The average Bonchev–Trinajstić information content (AvgIpc) is 3.51. The fraction of sp³-hybridized carbons (Fsp3) is 0.846. The Kier molecular flexibility index (Phi) is 5.09. The van der Waals surface area contributed by atoms with E-state index in [0.29, 0.717) is 43.5 Å². The lowest BCUT2D eigenvalue weighted by molar-refractivity contribution is -0.248. The molecule has 6 heteroatoms. The first-order valence-electron chi connectivity index (χ1n) is 12.7. The third-order valence-electron chi connectivity index (χ3n) is 10.3. The van der Waals surface area contributed by atoms with Gasteiger partial charge < -0.3 is 18.9 Å². The van der Waals surface area contributed by atoms with Crippen molar-refractivity contribution in [1.82, 2.24) is 5.48 Å². The van der Waals surface area contributed by atoms with E-state index in [1.807, 2.05) is 0 Å². The number of rotatable bonds is 4. The second-order valence-electron chi connectivity index (χ2n) is 11.4. The Balaban J connectivity index is 1.36. The molecule has 0 radical (unpaired) electrons. The standard InChI is InChI=1S/C26H39NO5/c1-4-11-32-27-22-16-18-19(23(2)9-10-25(17-21(22)23)28-12-13-29-25)5-7-24(3)20(18)6-8-26(24)30-14-15-31-26/h4,16,18-21,27H,1,5-15,17H2,2-3H3/t18-,19+,20+,21?,23-,24+/m1/s1. The molecule has 2 spiro atoms. The summed E-state index contributed by atoms with van der Waals surface area (Å²) in [5.41, 5.74) is 4.85. The highest BCUT2D eigenvalue weighted by Crippen LogP contribution is 2.69. The smallest absolute Gasteiger partial charge is 0.174 e. The second kappa shape index (κ2) is 7.54. The second-order valence-corrected chi connectivity index (χ2v) is 11.4. The molecule has 1 unspecified atom stereocenters. The van der Waals surface area contributed by atoms with E-state index >= 15 is 0 Å². The van der Waals surface area contributed by atoms with Gasteiger partial charge >= 0.3 is 0 Å². The molecule has 2 heterocycles. The summed E-state index contributed by atoms with van der Waals surface area (Å²) in [4.78, 5) is 5.81. The maximum absolute atomic E-state index is 6.33. The van der Waals surface area contributed by atoms with Crippen LogP contribution in [-0.4, -0.2) is 44.6 Å². The zero-order valence-electron chi connectivity index (χ0n) is 19.7. The SMILES string of the molecule is C=CCONC1=C[C@@H]2[C@H](CC[C@@]3(C)[C@H]2CCC32OCCO2)[C@@]2(C)CCC3(CC12)OCCO3. The summed E-state index contributed by atoms with van der Waals surface area (Å²) in [6.45, 7) is 12.1. The van der Waals surface area contributed by atoms with E-state index in [2.05, 4.69) is 32.0 Å². The first-order chi connectivity index (χ1) is 15.5. The summed E-state index contributed by atoms with van der Waals surface area (Å²) >= 11 is 0. The maximum atomic E-state index is 6.33. The number of fused-ring (bicyclic) bond motifs is 6. The number of nitrogens with one attached hydrogen (secondary N) is 1. The molecule has 0 amide bonds. The van der Waals surface area contributed by atoms with Crippen molar-refractivity contribution < 1.29 is 23.8 Å². The van der Waals surface area contributed by atoms with Gasteiger partial charge in [0.2, 0.25) is 0 Å². The summed E-state index contributed by atoms with van der Waals surface area (Å²) in [6, 6.07) is 0. The Morgan fingerprint density at radius 3 is 2.47 bits per heavy atom. The molecule has 0 aromatic rings. The van der Waals surface area contributed by atoms with Crippen LogP contribution in [0.3, 0.4) is 0 Å². The van der Waals surface area contributed by atoms with Crippen LogP contribution < -0.4 is 5.48 Å². The molecule has 0 aromatic carbocycles. The van der Waals surface area contributed by atoms with E-state index < -0.39 is 5.79 Å². The molecule has 0 bridgehead atoms. The molecule has 2 saturated heterocycles. The van der Waals surface area contributed by atoms with Gasteiger partial charge in [-0.3, -0.25) is 10.3 Å². The summed E-state index contributed by atoms with van der Waals surface area (Å²) < 4.78 is 25.0. The molecular weight excluding hydrogens is 406 g/mol. The van der Waals surface area contributed by atoms with Gasteiger partial charge in [0.15, 0.2) is 11.6 Å². The minimum Gasteiger partial charge on any atom is -0.348 e. The summed E-state index contributed by atoms with van der Waals surface area (Å²) in [7, 11) is 0. The van der Waals surface area contributed by atoms with Gasteiger partial charge in [-0.25, -0.2) is 0 Å². The van der Waals surface area contributed by atoms with Gasteiger partial charge in [-0.2, -0.15) is 0 Å². The summed E-state index contributed by atoms with van der Waals surface area (Å²) in [5, 5.41) is 0. The molecule has 32 heavy (non-hydrogen) atoms. The lowest BCUT2D eigenvalue weighted by Gasteiger charge is -2.61. The first kappa shape index (κ1) is 21.6. The monoisotopic (exact) mass is 445 g/mol. The van der Waals surface area contributed by atoms with Gasteiger partial charge in [-0.05, 0) is 48.9 Å². The first-order valence-corrected chi connectivity index (χ1v) is 12.7. The summed E-state index contributed by atoms with van der Waals surface area (Å²) in [5.74, 6) is 1.30. The molecule has 6 nitrogen and oxygen atoms in total. The molecular formula is C26H39NO5. The lowest BCUT2D eigenvalue weighted by atomic mass is 9.46. The minimum absolute atomic E-state index is 0.0744. The van der Waals surface area contributed by atoms with Gasteiger partial charge in [0.1, 0.15) is 0 Å². The number of hydrogen-bond acceptors (Lipinski definition) is 6. The van der Waals surface area contributed by atoms with Crippen molar-refractivity contribution in [3.63, 3.8) is 0 Å². The van der Waals surface area contributed by atoms with Crippen LogP contribution in [0.25, 0.3) is 0 Å². The van der Waals surface area contributed by atoms with Gasteiger partial charge in [-0.15, -0.1) is 6.58 Å². The Hall–Kier alpha value is -0.920. The molecule has 3 saturated carbocycles. The van der Waals surface area contributed by atoms with Crippen LogP contribution in [0.5, 0.6) is 0 Å². The fourth-order valence-electron chi connectivity index (χ4n) is 8.64. The number of hydrogen-bond donors (Lipinski definition) is 1. The van der Waals surface area contributed by atoms with E-state index in [1.54, 1.807) is 6.08 Å². The minimum atomic E-state index is -0.414. The van der Waals surface area contributed by atoms with E-state index in [4.69, 9.17) is 23.8 Å². The van der Waals surface area contributed by atoms with E-state index in [1.165, 1.54) is 25.0 Å². The van der Waals surface area contributed by atoms with Crippen molar-refractivity contribution in [3.05, 3.63) is 24.4 Å². The third kappa shape index (κ3) is 2.89. The number of ether oxygens (including phenoxy) is 4. The zero-order valence-corrected chi connectivity index (χ0v) is 19.7. The largest absolute Gasteiger partial charge is 0.348 e. The van der Waals surface area contributed by atoms with E-state index in [0.717, 1.165) is 38.9 Å². The molecule has 1 N–H and O–H groups in total. The average molecular weight is 446 g/mol. The lowest BCUT2D eigenvalue weighted by Crippen LogP contribution is -2.58. The molecule has 6 rings (SSSR count). The van der Waals surface area contributed by atoms with Crippen LogP contribution in [0, 0.1) is 34.5 Å². The Morgan fingerprint density at radius 2 is 1.72 bits per heavy atom. The molecule has 2 aliphatic heterocycles. The van der Waals surface area contributed by atoms with Crippen molar-refractivity contribution in [1.29, 1.82) is 0 Å². The van der Waals surface area contributed by atoms with Gasteiger partial charge in [-0.1, -0.05) is 26.0 Å². The van der Waals surface area contributed by atoms with Crippen molar-refractivity contribution >= 4 is 0 Å². The van der Waals surface area contributed by atoms with Gasteiger partial charge in [0.05, 0.1) is 33.0 Å². The molecule has 178 valence electrons. The van der Waals surface area contributed by atoms with Crippen LogP contribution in [-0.2, 0) is 23.8 Å². The van der Waals surface area contributed by atoms with Crippen molar-refractivity contribution in [2.75, 3.05) is 33.0 Å². The van der Waals surface area contributed by atoms with Crippen LogP contribution in [0.2, 0.25) is 0 Å². The maximum Gasteiger partial charge on any atom is 0.174 e. The molecule has 6 aliphatic rings. The predicted octanol–water partition coefficient (Wildman–Crippen LogP) is 4.33. The highest BCUT2D eigenvalue weighted by Gasteiger charge is 2.68. The highest BCUT2D eigenvalue weighted by molar-refractivity contribution is 5.25. The Morgan fingerprint density at radius 1 is 1.00 bits per heavy atom. The Labute approximate surface area is 192 Å². The van der Waals surface area contributed by atoms with E-state index in [-0.39, 0.29) is 16.6 Å². The molecule has 4 aliphatic carbocycles. The van der Waals surface area contributed by atoms with Gasteiger partial charge in [0, 0.05) is 36.3 Å². The zero-order chi connectivity index (χ0) is 22.0. The number of allylic oxidation sites excluding steroid dienone is 2. The van der Waals surface area contributed by atoms with Crippen molar-refractivity contribution in [2.45, 2.75) is 70.4 Å².